The number of ether oxygens (including phenoxy) is 1. The molecule has 23 heavy (non-hydrogen) atoms. The van der Waals surface area contributed by atoms with E-state index >= 15 is 0 Å². The third-order valence-electron chi connectivity index (χ3n) is 3.73. The molecule has 2 aliphatic heterocycles. The minimum Gasteiger partial charge on any atom is -0.480 e. The predicted octanol–water partition coefficient (Wildman–Crippen LogP) is -1.51. The number of β-lactam (4-membered cyclic amide) rings is 1. The van der Waals surface area contributed by atoms with Crippen LogP contribution in [0.15, 0.2) is 0 Å². The number of carbonyl (C=O) groups is 4. The third-order valence-corrected chi connectivity index (χ3v) is 5.59. The van der Waals surface area contributed by atoms with Gasteiger partial charge in [0.15, 0.2) is 11.8 Å². The van der Waals surface area contributed by atoms with Crippen molar-refractivity contribution in [2.75, 3.05) is 19.4 Å². The van der Waals surface area contributed by atoms with E-state index in [1.807, 2.05) is 0 Å². The molecule has 5 atom stereocenters. The highest BCUT2D eigenvalue weighted by Gasteiger charge is 2.63. The first-order valence-corrected chi connectivity index (χ1v) is 8.24. The lowest BCUT2D eigenvalue weighted by molar-refractivity contribution is -0.168. The standard InChI is InChI=1S/C12H16N2O7S2/c1-21-12-7(11(19)20)14-9(18)6(10(14)23-12)8(17)4(3-22)13-2-5(15)16/h4,6-7,10,12-13,22H,2-3H2,1H3,(H,15,16)(H,19,20)/t4-,6+,7?,10+,12?/m0/s1. The summed E-state index contributed by atoms with van der Waals surface area (Å²) in [6.45, 7) is -0.433. The number of thiol groups is 1. The van der Waals surface area contributed by atoms with Crippen molar-refractivity contribution < 1.29 is 34.1 Å². The number of carboxylic acids is 2. The molecule has 0 aromatic carbocycles. The summed E-state index contributed by atoms with van der Waals surface area (Å²) in [6.07, 6.45) is 0. The SMILES string of the molecule is COC1S[C@@H]2[C@H](C(=O)[C@H](CS)NCC(=O)O)C(=O)N2C1C(=O)O. The molecule has 128 valence electrons. The Morgan fingerprint density at radius 2 is 2.09 bits per heavy atom. The fraction of sp³-hybridized carbons (Fsp3) is 0.667. The maximum atomic E-state index is 12.4. The fourth-order valence-corrected chi connectivity index (χ4v) is 4.50. The Kier molecular flexibility index (Phi) is 5.55. The molecule has 2 unspecified atom stereocenters. The van der Waals surface area contributed by atoms with Crippen LogP contribution in [0.5, 0.6) is 0 Å². The van der Waals surface area contributed by atoms with Crippen LogP contribution in [0.3, 0.4) is 0 Å². The molecule has 0 bridgehead atoms. The van der Waals surface area contributed by atoms with Crippen LogP contribution in [0.2, 0.25) is 0 Å². The number of methoxy groups -OCH3 is 1. The van der Waals surface area contributed by atoms with E-state index in [4.69, 9.17) is 9.84 Å². The first-order chi connectivity index (χ1) is 10.8. The highest BCUT2D eigenvalue weighted by molar-refractivity contribution is 8.00. The van der Waals surface area contributed by atoms with E-state index in [9.17, 15) is 24.3 Å². The van der Waals surface area contributed by atoms with E-state index in [-0.39, 0.29) is 5.75 Å². The zero-order chi connectivity index (χ0) is 17.3. The Morgan fingerprint density at radius 3 is 2.57 bits per heavy atom. The van der Waals surface area contributed by atoms with Gasteiger partial charge in [-0.2, -0.15) is 12.6 Å². The van der Waals surface area contributed by atoms with Crippen LogP contribution in [0.25, 0.3) is 0 Å². The zero-order valence-corrected chi connectivity index (χ0v) is 13.8. The number of carbonyl (C=O) groups excluding carboxylic acids is 2. The molecule has 2 saturated heterocycles. The number of fused-ring (bicyclic) bond motifs is 1. The van der Waals surface area contributed by atoms with Gasteiger partial charge in [-0.15, -0.1) is 11.8 Å². The van der Waals surface area contributed by atoms with Gasteiger partial charge in [-0.1, -0.05) is 0 Å². The van der Waals surface area contributed by atoms with Gasteiger partial charge in [0.25, 0.3) is 0 Å². The average molecular weight is 364 g/mol. The van der Waals surface area contributed by atoms with Gasteiger partial charge >= 0.3 is 11.9 Å². The number of thioether (sulfide) groups is 1. The van der Waals surface area contributed by atoms with Crippen molar-refractivity contribution in [2.45, 2.75) is 22.9 Å². The Balaban J connectivity index is 2.11. The van der Waals surface area contributed by atoms with Gasteiger partial charge in [0.05, 0.1) is 12.6 Å². The number of hydrogen-bond donors (Lipinski definition) is 4. The maximum absolute atomic E-state index is 12.4. The Morgan fingerprint density at radius 1 is 1.43 bits per heavy atom. The van der Waals surface area contributed by atoms with E-state index in [0.717, 1.165) is 16.7 Å². The molecular formula is C12H16N2O7S2. The van der Waals surface area contributed by atoms with Gasteiger partial charge in [-0.25, -0.2) is 4.79 Å². The van der Waals surface area contributed by atoms with Crippen LogP contribution < -0.4 is 5.32 Å². The van der Waals surface area contributed by atoms with Crippen molar-refractivity contribution in [3.8, 4) is 0 Å². The molecule has 1 amide bonds. The van der Waals surface area contributed by atoms with Crippen LogP contribution in [-0.2, 0) is 23.9 Å². The van der Waals surface area contributed by atoms with Crippen molar-refractivity contribution >= 4 is 48.0 Å². The van der Waals surface area contributed by atoms with E-state index in [0.29, 0.717) is 0 Å². The molecule has 2 fully saturated rings. The van der Waals surface area contributed by atoms with Crippen molar-refractivity contribution in [2.24, 2.45) is 5.92 Å². The second-order valence-electron chi connectivity index (χ2n) is 5.05. The third kappa shape index (κ3) is 3.18. The molecule has 3 N–H and O–H groups in total. The Labute approximate surface area is 141 Å². The highest BCUT2D eigenvalue weighted by atomic mass is 32.2. The number of nitrogens with zero attached hydrogens (tertiary/aromatic N) is 1. The van der Waals surface area contributed by atoms with Crippen LogP contribution >= 0.6 is 24.4 Å². The summed E-state index contributed by atoms with van der Waals surface area (Å²) >= 11 is 5.10. The molecule has 9 nitrogen and oxygen atoms in total. The molecule has 2 rings (SSSR count). The zero-order valence-electron chi connectivity index (χ0n) is 12.0. The Bertz CT molecular complexity index is 544. The van der Waals surface area contributed by atoms with E-state index in [1.165, 1.54) is 7.11 Å². The molecule has 0 spiro atoms. The first kappa shape index (κ1) is 18.0. The monoisotopic (exact) mass is 364 g/mol. The topological polar surface area (TPSA) is 133 Å². The molecule has 0 saturated carbocycles. The van der Waals surface area contributed by atoms with Crippen LogP contribution in [0, 0.1) is 5.92 Å². The summed E-state index contributed by atoms with van der Waals surface area (Å²) in [6, 6.07) is -2.02. The lowest BCUT2D eigenvalue weighted by atomic mass is 9.88. The predicted molar refractivity (Wildman–Crippen MR) is 82.2 cm³/mol. The molecular weight excluding hydrogens is 348 g/mol. The normalized spacial score (nSPS) is 30.5. The van der Waals surface area contributed by atoms with Gasteiger partial charge in [0, 0.05) is 12.9 Å². The quantitative estimate of drug-likeness (QED) is 0.230. The smallest absolute Gasteiger partial charge is 0.330 e. The highest BCUT2D eigenvalue weighted by Crippen LogP contribution is 2.48. The number of amides is 1. The number of hydrogen-bond acceptors (Lipinski definition) is 8. The summed E-state index contributed by atoms with van der Waals surface area (Å²) in [7, 11) is 1.34. The number of ketones is 1. The van der Waals surface area contributed by atoms with Crippen LogP contribution in [0.1, 0.15) is 0 Å². The number of rotatable bonds is 8. The summed E-state index contributed by atoms with van der Waals surface area (Å²) in [5.74, 6) is -4.37. The van der Waals surface area contributed by atoms with Crippen LogP contribution in [-0.4, -0.2) is 81.0 Å². The molecule has 2 heterocycles. The summed E-state index contributed by atoms with van der Waals surface area (Å²) in [5.41, 5.74) is -0.749. The molecule has 11 heteroatoms. The minimum atomic E-state index is -1.19. The van der Waals surface area contributed by atoms with Crippen molar-refractivity contribution in [3.05, 3.63) is 0 Å². The number of nitrogens with one attached hydrogen (secondary N) is 1. The molecule has 0 aromatic rings. The lowest BCUT2D eigenvalue weighted by Gasteiger charge is -2.43. The molecule has 0 aliphatic carbocycles. The summed E-state index contributed by atoms with van der Waals surface area (Å²) in [4.78, 5) is 47.7. The van der Waals surface area contributed by atoms with Gasteiger partial charge in [0.2, 0.25) is 5.91 Å². The summed E-state index contributed by atoms with van der Waals surface area (Å²) in [5, 5.41) is 19.8. The molecule has 2 aliphatic rings. The van der Waals surface area contributed by atoms with Gasteiger partial charge in [0.1, 0.15) is 16.7 Å². The van der Waals surface area contributed by atoms with Gasteiger partial charge in [-0.3, -0.25) is 19.7 Å². The summed E-state index contributed by atoms with van der Waals surface area (Å²) < 4.78 is 5.08. The number of carboxylic acid groups (broad SMARTS) is 2. The van der Waals surface area contributed by atoms with Crippen molar-refractivity contribution in [3.63, 3.8) is 0 Å². The second kappa shape index (κ2) is 7.07. The van der Waals surface area contributed by atoms with Crippen LogP contribution in [0.4, 0.5) is 0 Å². The Hall–Kier alpha value is -1.30. The van der Waals surface area contributed by atoms with Gasteiger partial charge in [-0.05, 0) is 0 Å². The maximum Gasteiger partial charge on any atom is 0.330 e. The van der Waals surface area contributed by atoms with Crippen molar-refractivity contribution in [1.29, 1.82) is 0 Å². The van der Waals surface area contributed by atoms with E-state index < -0.39 is 59.0 Å². The number of Topliss-reactive ketones (excluding diaryl/α,β-unsaturated/α-hetero) is 1. The molecule has 0 radical (unpaired) electrons. The first-order valence-electron chi connectivity index (χ1n) is 6.66. The second-order valence-corrected chi connectivity index (χ2v) is 6.63. The van der Waals surface area contributed by atoms with Crippen molar-refractivity contribution in [1.82, 2.24) is 10.2 Å². The largest absolute Gasteiger partial charge is 0.480 e. The average Bonchev–Trinajstić information content (AvgIpc) is 2.82. The van der Waals surface area contributed by atoms with E-state index in [1.54, 1.807) is 0 Å². The molecule has 0 aromatic heterocycles. The fourth-order valence-electron chi connectivity index (χ4n) is 2.63. The number of aliphatic carboxylic acids is 2. The minimum absolute atomic E-state index is 0.0311. The van der Waals surface area contributed by atoms with E-state index in [2.05, 4.69) is 17.9 Å². The lowest BCUT2D eigenvalue weighted by Crippen LogP contribution is -2.66. The van der Waals surface area contributed by atoms with Gasteiger partial charge < -0.3 is 19.8 Å².